The Morgan fingerprint density at radius 3 is 2.21 bits per heavy atom. The summed E-state index contributed by atoms with van der Waals surface area (Å²) in [4.78, 5) is 19.2. The number of rotatable bonds is 11. The van der Waals surface area contributed by atoms with Gasteiger partial charge in [0.15, 0.2) is 0 Å². The van der Waals surface area contributed by atoms with Crippen LogP contribution in [0.25, 0.3) is 0 Å². The minimum Gasteiger partial charge on any atom is -0.333 e. The number of hydrogen-bond acceptors (Lipinski definition) is 3. The van der Waals surface area contributed by atoms with Crippen LogP contribution in [0.15, 0.2) is 24.3 Å². The minimum absolute atomic E-state index is 0.0722. The summed E-state index contributed by atoms with van der Waals surface area (Å²) < 4.78 is 27.3. The van der Waals surface area contributed by atoms with E-state index >= 15 is 0 Å². The SMILES string of the molecule is CC.CCCC(CCCCN1CCCC1)N(C(=O)c1ccc(C2N(C)C2(F)F)cc1)C1CC1. The normalized spacial score (nSPS) is 24.7. The number of nitrogens with zero attached hydrogens (tertiary/aromatic N) is 3. The molecule has 3 unspecified atom stereocenters. The summed E-state index contributed by atoms with van der Waals surface area (Å²) in [7, 11) is 1.43. The number of likely N-dealkylation sites (tertiary alicyclic amines) is 1. The molecule has 1 aromatic rings. The zero-order valence-electron chi connectivity index (χ0n) is 21.0. The Morgan fingerprint density at radius 1 is 1.09 bits per heavy atom. The summed E-state index contributed by atoms with van der Waals surface area (Å²) >= 11 is 0. The third kappa shape index (κ3) is 6.33. The third-order valence-electron chi connectivity index (χ3n) is 7.24. The first-order chi connectivity index (χ1) is 15.9. The van der Waals surface area contributed by atoms with Crippen molar-refractivity contribution in [1.82, 2.24) is 14.7 Å². The molecule has 4 rings (SSSR count). The van der Waals surface area contributed by atoms with Crippen LogP contribution >= 0.6 is 0 Å². The van der Waals surface area contributed by atoms with Crippen molar-refractivity contribution in [2.24, 2.45) is 0 Å². The van der Waals surface area contributed by atoms with Gasteiger partial charge in [-0.3, -0.25) is 4.79 Å². The second kappa shape index (κ2) is 11.7. The molecular formula is C27H43F2N3O. The smallest absolute Gasteiger partial charge is 0.325 e. The van der Waals surface area contributed by atoms with Crippen molar-refractivity contribution < 1.29 is 13.6 Å². The molecule has 3 aliphatic rings. The van der Waals surface area contributed by atoms with E-state index in [0.717, 1.165) is 43.4 Å². The lowest BCUT2D eigenvalue weighted by Crippen LogP contribution is -2.42. The number of unbranched alkanes of at least 4 members (excludes halogenated alkanes) is 1. The Balaban J connectivity index is 0.00000149. The van der Waals surface area contributed by atoms with Crippen LogP contribution in [0.5, 0.6) is 0 Å². The number of alkyl halides is 2. The molecule has 0 N–H and O–H groups in total. The van der Waals surface area contributed by atoms with Crippen molar-refractivity contribution in [1.29, 1.82) is 0 Å². The van der Waals surface area contributed by atoms with Crippen LogP contribution < -0.4 is 0 Å². The largest absolute Gasteiger partial charge is 0.333 e. The number of amides is 1. The number of carbonyl (C=O) groups is 1. The standard InChI is InChI=1S/C25H37F2N3O.C2H6/c1-3-8-21(9-4-5-16-29-17-6-7-18-29)30(22-14-15-22)24(31)20-12-10-19(11-13-20)23-25(26,27)28(23)2;1-2/h10-13,21-23H,3-9,14-18H2,1-2H3;1-2H3. The summed E-state index contributed by atoms with van der Waals surface area (Å²) in [5, 5.41) is 0. The molecule has 3 atom stereocenters. The van der Waals surface area contributed by atoms with Crippen molar-refractivity contribution in [2.45, 2.75) is 103 Å². The number of likely N-dealkylation sites (N-methyl/N-ethyl adjacent to an activating group) is 1. The van der Waals surface area contributed by atoms with Crippen LogP contribution in [0.3, 0.4) is 0 Å². The maximum Gasteiger partial charge on any atom is 0.325 e. The van der Waals surface area contributed by atoms with E-state index in [2.05, 4.69) is 16.7 Å². The summed E-state index contributed by atoms with van der Waals surface area (Å²) in [6, 6.07) is 3.88. The molecule has 1 amide bonds. The number of carbonyl (C=O) groups excluding carboxylic acids is 1. The first-order valence-corrected chi connectivity index (χ1v) is 13.2. The molecule has 0 bridgehead atoms. The predicted octanol–water partition coefficient (Wildman–Crippen LogP) is 6.33. The minimum atomic E-state index is -2.77. The molecule has 2 saturated heterocycles. The van der Waals surface area contributed by atoms with Gasteiger partial charge >= 0.3 is 6.05 Å². The van der Waals surface area contributed by atoms with Crippen LogP contribution in [0.4, 0.5) is 8.78 Å². The third-order valence-corrected chi connectivity index (χ3v) is 7.24. The first-order valence-electron chi connectivity index (χ1n) is 13.2. The van der Waals surface area contributed by atoms with Gasteiger partial charge in [0.25, 0.3) is 5.91 Å². The van der Waals surface area contributed by atoms with Gasteiger partial charge in [-0.05, 0) is 89.3 Å². The molecule has 0 spiro atoms. The number of benzene rings is 1. The lowest BCUT2D eigenvalue weighted by molar-refractivity contribution is 0.0598. The molecule has 4 nitrogen and oxygen atoms in total. The van der Waals surface area contributed by atoms with Crippen LogP contribution in [-0.4, -0.2) is 65.4 Å². The predicted molar refractivity (Wildman–Crippen MR) is 131 cm³/mol. The van der Waals surface area contributed by atoms with E-state index < -0.39 is 12.1 Å². The molecule has 3 fully saturated rings. The summed E-state index contributed by atoms with van der Waals surface area (Å²) in [5.41, 5.74) is 1.20. The molecule has 1 saturated carbocycles. The van der Waals surface area contributed by atoms with Crippen LogP contribution in [0.1, 0.15) is 101 Å². The van der Waals surface area contributed by atoms with E-state index in [0.29, 0.717) is 17.2 Å². The average molecular weight is 464 g/mol. The van der Waals surface area contributed by atoms with Crippen molar-refractivity contribution in [2.75, 3.05) is 26.7 Å². The fraction of sp³-hybridized carbons (Fsp3) is 0.741. The van der Waals surface area contributed by atoms with E-state index in [1.807, 2.05) is 13.8 Å². The Morgan fingerprint density at radius 2 is 1.70 bits per heavy atom. The highest BCUT2D eigenvalue weighted by molar-refractivity contribution is 5.95. The Kier molecular flexibility index (Phi) is 9.28. The molecule has 1 aliphatic carbocycles. The monoisotopic (exact) mass is 463 g/mol. The first kappa shape index (κ1) is 26.1. The fourth-order valence-electron chi connectivity index (χ4n) is 5.20. The van der Waals surface area contributed by atoms with Gasteiger partial charge < -0.3 is 9.80 Å². The topological polar surface area (TPSA) is 26.6 Å². The fourth-order valence-corrected chi connectivity index (χ4v) is 5.20. The van der Waals surface area contributed by atoms with E-state index in [1.165, 1.54) is 45.9 Å². The highest BCUT2D eigenvalue weighted by atomic mass is 19.3. The van der Waals surface area contributed by atoms with Crippen molar-refractivity contribution >= 4 is 5.91 Å². The zero-order valence-corrected chi connectivity index (χ0v) is 21.0. The van der Waals surface area contributed by atoms with Crippen LogP contribution in [-0.2, 0) is 0 Å². The molecule has 1 aromatic carbocycles. The average Bonchev–Trinajstić information content (AvgIpc) is 3.65. The maximum absolute atomic E-state index is 13.7. The molecule has 2 aliphatic heterocycles. The second-order valence-electron chi connectivity index (χ2n) is 9.65. The van der Waals surface area contributed by atoms with Crippen molar-refractivity contribution in [3.63, 3.8) is 0 Å². The highest BCUT2D eigenvalue weighted by Crippen LogP contribution is 2.53. The van der Waals surface area contributed by atoms with E-state index in [4.69, 9.17) is 0 Å². The van der Waals surface area contributed by atoms with Crippen LogP contribution in [0.2, 0.25) is 0 Å². The quantitative estimate of drug-likeness (QED) is 0.218. The molecule has 33 heavy (non-hydrogen) atoms. The van der Waals surface area contributed by atoms with Gasteiger partial charge in [-0.1, -0.05) is 45.7 Å². The van der Waals surface area contributed by atoms with Gasteiger partial charge in [0.1, 0.15) is 6.04 Å². The molecule has 6 heteroatoms. The van der Waals surface area contributed by atoms with E-state index in [9.17, 15) is 13.6 Å². The van der Waals surface area contributed by atoms with Crippen molar-refractivity contribution in [3.8, 4) is 0 Å². The molecule has 0 radical (unpaired) electrons. The Labute approximate surface area is 199 Å². The number of hydrogen-bond donors (Lipinski definition) is 0. The number of halogens is 2. The lowest BCUT2D eigenvalue weighted by Gasteiger charge is -2.32. The lowest BCUT2D eigenvalue weighted by atomic mass is 10.0. The molecule has 2 heterocycles. The van der Waals surface area contributed by atoms with Gasteiger partial charge in [0.05, 0.1) is 0 Å². The van der Waals surface area contributed by atoms with Gasteiger partial charge in [-0.25, -0.2) is 4.90 Å². The van der Waals surface area contributed by atoms with E-state index in [-0.39, 0.29) is 11.9 Å². The Hall–Kier alpha value is -1.53. The summed E-state index contributed by atoms with van der Waals surface area (Å²) in [5.74, 6) is 0.0722. The van der Waals surface area contributed by atoms with Crippen LogP contribution in [0, 0.1) is 0 Å². The summed E-state index contributed by atoms with van der Waals surface area (Å²) in [6.45, 7) is 9.85. The highest BCUT2D eigenvalue weighted by Gasteiger charge is 2.64. The summed E-state index contributed by atoms with van der Waals surface area (Å²) in [6.07, 6.45) is 10.3. The molecular weight excluding hydrogens is 420 g/mol. The van der Waals surface area contributed by atoms with Gasteiger partial charge in [0, 0.05) is 17.6 Å². The molecule has 186 valence electrons. The van der Waals surface area contributed by atoms with E-state index in [1.54, 1.807) is 24.3 Å². The maximum atomic E-state index is 13.7. The van der Waals surface area contributed by atoms with Crippen molar-refractivity contribution in [3.05, 3.63) is 35.4 Å². The van der Waals surface area contributed by atoms with Gasteiger partial charge in [-0.15, -0.1) is 0 Å². The van der Waals surface area contributed by atoms with Gasteiger partial charge in [0.2, 0.25) is 0 Å². The zero-order chi connectivity index (χ0) is 24.0. The molecule has 0 aromatic heterocycles. The Bertz CT molecular complexity index is 744. The van der Waals surface area contributed by atoms with Gasteiger partial charge in [-0.2, -0.15) is 8.78 Å². The second-order valence-corrected chi connectivity index (χ2v) is 9.65.